The Morgan fingerprint density at radius 3 is 2.44 bits per heavy atom. The Morgan fingerprint density at radius 1 is 0.974 bits per heavy atom. The molecule has 7 nitrogen and oxygen atoms in total. The predicted molar refractivity (Wildman–Crippen MR) is 158 cm³/mol. The summed E-state index contributed by atoms with van der Waals surface area (Å²) in [4.78, 5) is 28.0. The van der Waals surface area contributed by atoms with Gasteiger partial charge in [0.2, 0.25) is 5.91 Å². The highest BCUT2D eigenvalue weighted by molar-refractivity contribution is 7.91. The molecule has 0 saturated heterocycles. The van der Waals surface area contributed by atoms with Crippen LogP contribution in [0.15, 0.2) is 70.9 Å². The maximum atomic E-state index is 13.3. The van der Waals surface area contributed by atoms with Gasteiger partial charge in [-0.25, -0.2) is 8.42 Å². The molecule has 39 heavy (non-hydrogen) atoms. The topological polar surface area (TPSA) is 108 Å². The zero-order chi connectivity index (χ0) is 27.8. The number of unbranched alkanes of at least 4 members (excludes halogenated alkanes) is 2. The average molecular weight is 586 g/mol. The largest absolute Gasteiger partial charge is 0.354 e. The molecular weight excluding hydrogens is 554 g/mol. The van der Waals surface area contributed by atoms with Crippen molar-refractivity contribution in [2.45, 2.75) is 55.7 Å². The minimum Gasteiger partial charge on any atom is -0.354 e. The number of carbonyl (C=O) groups is 2. The third-order valence-electron chi connectivity index (χ3n) is 6.50. The summed E-state index contributed by atoms with van der Waals surface area (Å²) in [6.45, 7) is 1.89. The second-order valence-electron chi connectivity index (χ2n) is 9.46. The molecule has 0 aliphatic heterocycles. The molecule has 206 valence electrons. The summed E-state index contributed by atoms with van der Waals surface area (Å²) >= 11 is 6.88. The minimum absolute atomic E-state index is 0.0631. The van der Waals surface area contributed by atoms with Crippen LogP contribution in [0.25, 0.3) is 22.2 Å². The van der Waals surface area contributed by atoms with Crippen molar-refractivity contribution in [2.75, 3.05) is 6.54 Å². The molecule has 2 aromatic heterocycles. The van der Waals surface area contributed by atoms with E-state index in [1.165, 1.54) is 12.1 Å². The number of hydrogen-bond donors (Lipinski definition) is 3. The molecule has 1 atom stereocenters. The number of aromatic nitrogens is 1. The number of Topliss-reactive ketones (excluding diaryl/α,β-unsaturated/α-hetero) is 1. The Kier molecular flexibility index (Phi) is 9.96. The Bertz CT molecular complexity index is 1530. The van der Waals surface area contributed by atoms with Gasteiger partial charge < -0.3 is 15.1 Å². The first-order chi connectivity index (χ1) is 18.7. The van der Waals surface area contributed by atoms with E-state index in [1.807, 2.05) is 48.5 Å². The lowest BCUT2D eigenvalue weighted by atomic mass is 10.0. The van der Waals surface area contributed by atoms with Crippen LogP contribution in [0.3, 0.4) is 0 Å². The molecular formula is C29H32ClN3O4S2. The molecule has 0 unspecified atom stereocenters. The lowest BCUT2D eigenvalue weighted by Gasteiger charge is -2.18. The number of ketones is 1. The van der Waals surface area contributed by atoms with E-state index >= 15 is 0 Å². The first kappa shape index (κ1) is 29.0. The average Bonchev–Trinajstić information content (AvgIpc) is 3.52. The van der Waals surface area contributed by atoms with Crippen molar-refractivity contribution in [3.63, 3.8) is 0 Å². The summed E-state index contributed by atoms with van der Waals surface area (Å²) < 4.78 is 28.9. The van der Waals surface area contributed by atoms with Gasteiger partial charge in [-0.1, -0.05) is 73.0 Å². The molecule has 1 amide bonds. The number of para-hydroxylation sites is 1. The van der Waals surface area contributed by atoms with Gasteiger partial charge in [-0.05, 0) is 55.5 Å². The highest BCUT2D eigenvalue weighted by Gasteiger charge is 2.26. The lowest BCUT2D eigenvalue weighted by molar-refractivity contribution is -0.123. The van der Waals surface area contributed by atoms with Gasteiger partial charge in [0.15, 0.2) is 0 Å². The van der Waals surface area contributed by atoms with E-state index < -0.39 is 16.1 Å². The number of carbonyl (C=O) groups excluding carboxylic acids is 2. The Morgan fingerprint density at radius 2 is 1.72 bits per heavy atom. The molecule has 0 radical (unpaired) electrons. The highest BCUT2D eigenvalue weighted by Crippen LogP contribution is 2.30. The van der Waals surface area contributed by atoms with E-state index in [1.54, 1.807) is 6.92 Å². The second kappa shape index (κ2) is 13.4. The number of nitrogens with one attached hydrogen (secondary N) is 3. The Hall–Kier alpha value is -2.98. The molecule has 4 aromatic rings. The zero-order valence-electron chi connectivity index (χ0n) is 21.7. The number of rotatable bonds is 14. The Labute approximate surface area is 238 Å². The van der Waals surface area contributed by atoms with Crippen molar-refractivity contribution < 1.29 is 18.0 Å². The number of thiophene rings is 1. The Balaban J connectivity index is 1.46. The van der Waals surface area contributed by atoms with Crippen LogP contribution in [0, 0.1) is 0 Å². The maximum absolute atomic E-state index is 13.3. The van der Waals surface area contributed by atoms with Crippen LogP contribution < -0.4 is 10.0 Å². The first-order valence-electron chi connectivity index (χ1n) is 12.9. The number of aromatic amines is 1. The summed E-state index contributed by atoms with van der Waals surface area (Å²) in [7, 11) is -3.92. The van der Waals surface area contributed by atoms with E-state index in [4.69, 9.17) is 11.6 Å². The number of benzene rings is 2. The molecule has 2 aromatic carbocycles. The van der Waals surface area contributed by atoms with Gasteiger partial charge >= 0.3 is 0 Å². The van der Waals surface area contributed by atoms with Gasteiger partial charge in [-0.15, -0.1) is 11.3 Å². The molecule has 0 saturated carbocycles. The standard InChI is InChI=1S/C29H32ClN3O4S2/c1-20(34)10-4-2-7-15-25(33-39(36,37)27-17-16-26(30)38-27)29(35)31-19-18-23-22-13-8-9-14-24(22)32-28(23)21-11-5-3-6-12-21/h3,5-6,8-9,11-14,16-17,25,32-33H,2,4,7,10,15,18-19H2,1H3,(H,31,35)/t25-/m0/s1. The number of fused-ring (bicyclic) bond motifs is 1. The van der Waals surface area contributed by atoms with Crippen molar-refractivity contribution in [1.29, 1.82) is 0 Å². The van der Waals surface area contributed by atoms with Crippen molar-refractivity contribution in [1.82, 2.24) is 15.0 Å². The predicted octanol–water partition coefficient (Wildman–Crippen LogP) is 6.10. The van der Waals surface area contributed by atoms with Crippen LogP contribution in [0.5, 0.6) is 0 Å². The third-order valence-corrected chi connectivity index (χ3v) is 9.69. The number of hydrogen-bond acceptors (Lipinski definition) is 5. The molecule has 0 bridgehead atoms. The van der Waals surface area contributed by atoms with Gasteiger partial charge in [0.05, 0.1) is 4.34 Å². The molecule has 10 heteroatoms. The quantitative estimate of drug-likeness (QED) is 0.155. The fraction of sp³-hybridized carbons (Fsp3) is 0.310. The van der Waals surface area contributed by atoms with Crippen LogP contribution in [0.1, 0.15) is 44.6 Å². The van der Waals surface area contributed by atoms with Crippen molar-refractivity contribution in [2.24, 2.45) is 0 Å². The van der Waals surface area contributed by atoms with Gasteiger partial charge in [0, 0.05) is 29.6 Å². The number of halogens is 1. The lowest BCUT2D eigenvalue weighted by Crippen LogP contribution is -2.47. The van der Waals surface area contributed by atoms with Crippen molar-refractivity contribution >= 4 is 55.6 Å². The molecule has 0 fully saturated rings. The molecule has 4 rings (SSSR count). The number of amides is 1. The van der Waals surface area contributed by atoms with Crippen LogP contribution >= 0.6 is 22.9 Å². The summed E-state index contributed by atoms with van der Waals surface area (Å²) in [6.07, 6.45) is 3.42. The van der Waals surface area contributed by atoms with Crippen molar-refractivity contribution in [3.05, 3.63) is 76.6 Å². The normalized spacial score (nSPS) is 12.5. The van der Waals surface area contributed by atoms with Crippen molar-refractivity contribution in [3.8, 4) is 11.3 Å². The molecule has 2 heterocycles. The zero-order valence-corrected chi connectivity index (χ0v) is 24.1. The van der Waals surface area contributed by atoms with E-state index in [9.17, 15) is 18.0 Å². The second-order valence-corrected chi connectivity index (χ2v) is 13.1. The fourth-order valence-corrected chi connectivity index (χ4v) is 7.30. The monoisotopic (exact) mass is 585 g/mol. The van der Waals surface area contributed by atoms with Gasteiger partial charge in [0.25, 0.3) is 10.0 Å². The van der Waals surface area contributed by atoms with E-state index in [0.717, 1.165) is 45.5 Å². The number of sulfonamides is 1. The molecule has 3 N–H and O–H groups in total. The number of H-pyrrole nitrogens is 1. The van der Waals surface area contributed by atoms with Gasteiger partial charge in [-0.2, -0.15) is 4.72 Å². The fourth-order valence-electron chi connectivity index (χ4n) is 4.58. The van der Waals surface area contributed by atoms with E-state index in [2.05, 4.69) is 21.1 Å². The van der Waals surface area contributed by atoms with Crippen LogP contribution in [0.2, 0.25) is 4.34 Å². The smallest absolute Gasteiger partial charge is 0.250 e. The molecule has 0 aliphatic carbocycles. The first-order valence-corrected chi connectivity index (χ1v) is 15.6. The van der Waals surface area contributed by atoms with Gasteiger partial charge in [-0.3, -0.25) is 4.79 Å². The maximum Gasteiger partial charge on any atom is 0.250 e. The third kappa shape index (κ3) is 7.79. The SMILES string of the molecule is CC(=O)CCCCC[C@H](NS(=O)(=O)c1ccc(Cl)s1)C(=O)NCCc1c(-c2ccccc2)[nH]c2ccccc12. The summed E-state index contributed by atoms with van der Waals surface area (Å²) in [5, 5.41) is 4.03. The highest BCUT2D eigenvalue weighted by atomic mass is 35.5. The molecule has 0 aliphatic rings. The van der Waals surface area contributed by atoms with Crippen LogP contribution in [-0.2, 0) is 26.0 Å². The van der Waals surface area contributed by atoms with Gasteiger partial charge in [0.1, 0.15) is 16.0 Å². The van der Waals surface area contributed by atoms with E-state index in [0.29, 0.717) is 43.0 Å². The summed E-state index contributed by atoms with van der Waals surface area (Å²) in [5.74, 6) is -0.263. The summed E-state index contributed by atoms with van der Waals surface area (Å²) in [5.41, 5.74) is 4.17. The van der Waals surface area contributed by atoms with Crippen LogP contribution in [0.4, 0.5) is 0 Å². The van der Waals surface area contributed by atoms with E-state index in [-0.39, 0.29) is 15.9 Å². The minimum atomic E-state index is -3.92. The van der Waals surface area contributed by atoms with Crippen LogP contribution in [-0.4, -0.2) is 37.7 Å². The molecule has 0 spiro atoms. The summed E-state index contributed by atoms with van der Waals surface area (Å²) in [6, 6.07) is 20.1.